The molecule has 1 aromatic rings. The van der Waals surface area contributed by atoms with Crippen molar-refractivity contribution in [2.45, 2.75) is 53.1 Å². The fourth-order valence-electron chi connectivity index (χ4n) is 6.67. The van der Waals surface area contributed by atoms with Gasteiger partial charge in [-0.15, -0.1) is 0 Å². The van der Waals surface area contributed by atoms with Crippen LogP contribution >= 0.6 is 0 Å². The minimum Gasteiger partial charge on any atom is -0.508 e. The first-order valence-electron chi connectivity index (χ1n) is 10.7. The molecule has 0 spiro atoms. The largest absolute Gasteiger partial charge is 0.508 e. The first-order chi connectivity index (χ1) is 14.7. The average molecular weight is 440 g/mol. The van der Waals surface area contributed by atoms with Crippen LogP contribution in [-0.2, 0) is 20.8 Å². The van der Waals surface area contributed by atoms with Crippen LogP contribution in [0.5, 0.6) is 5.75 Å². The van der Waals surface area contributed by atoms with Crippen LogP contribution in [0.15, 0.2) is 35.1 Å². The minimum absolute atomic E-state index is 0.0978. The maximum atomic E-state index is 13.9. The highest BCUT2D eigenvalue weighted by Crippen LogP contribution is 2.64. The number of Topliss-reactive ketones (excluding diaryl/α,β-unsaturated/α-hetero) is 3. The highest BCUT2D eigenvalue weighted by molar-refractivity contribution is 6.24. The summed E-state index contributed by atoms with van der Waals surface area (Å²) in [6, 6.07) is 4.79. The highest BCUT2D eigenvalue weighted by Gasteiger charge is 2.72. The molecule has 7 nitrogen and oxygen atoms in total. The lowest BCUT2D eigenvalue weighted by molar-refractivity contribution is -0.178. The predicted octanol–water partition coefficient (Wildman–Crippen LogP) is 3.19. The number of benzene rings is 1. The number of phenolic OH excluding ortho intramolecular Hbond substituents is 1. The van der Waals surface area contributed by atoms with Crippen LogP contribution in [0.2, 0.25) is 0 Å². The van der Waals surface area contributed by atoms with E-state index in [9.17, 15) is 34.8 Å². The summed E-state index contributed by atoms with van der Waals surface area (Å²) in [4.78, 5) is 39.6. The molecule has 0 radical (unpaired) electrons. The number of allylic oxidation sites excluding steroid dienone is 1. The van der Waals surface area contributed by atoms with Crippen LogP contribution in [0, 0.1) is 22.7 Å². The zero-order valence-corrected chi connectivity index (χ0v) is 18.8. The van der Waals surface area contributed by atoms with E-state index < -0.39 is 56.8 Å². The Morgan fingerprint density at radius 1 is 1.12 bits per heavy atom. The first-order valence-corrected chi connectivity index (χ1v) is 10.7. The molecule has 0 bridgehead atoms. The lowest BCUT2D eigenvalue weighted by Gasteiger charge is -2.59. The van der Waals surface area contributed by atoms with Crippen LogP contribution in [0.1, 0.15) is 52.2 Å². The number of fused-ring (bicyclic) bond motifs is 3. The molecule has 4 rings (SSSR count). The molecule has 1 fully saturated rings. The molecular formula is C25H28O7. The summed E-state index contributed by atoms with van der Waals surface area (Å²) in [6.07, 6.45) is 0.386. The molecule has 4 N–H and O–H groups in total. The fourth-order valence-corrected chi connectivity index (χ4v) is 6.67. The van der Waals surface area contributed by atoms with Gasteiger partial charge in [0.25, 0.3) is 0 Å². The van der Waals surface area contributed by atoms with Gasteiger partial charge in [0, 0.05) is 22.3 Å². The number of aliphatic hydroxyl groups excluding tert-OH is 2. The van der Waals surface area contributed by atoms with Crippen LogP contribution in [0.3, 0.4) is 0 Å². The number of carbonyl (C=O) groups is 3. The van der Waals surface area contributed by atoms with E-state index in [0.29, 0.717) is 5.56 Å². The zero-order chi connectivity index (χ0) is 24.0. The molecule has 0 saturated heterocycles. The van der Waals surface area contributed by atoms with Crippen LogP contribution < -0.4 is 0 Å². The van der Waals surface area contributed by atoms with Gasteiger partial charge in [0.2, 0.25) is 5.78 Å². The summed E-state index contributed by atoms with van der Waals surface area (Å²) >= 11 is 0. The molecule has 1 saturated carbocycles. The number of aromatic hydroxyl groups is 1. The summed E-state index contributed by atoms with van der Waals surface area (Å²) in [5, 5.41) is 44.3. The molecule has 3 aliphatic rings. The van der Waals surface area contributed by atoms with Crippen molar-refractivity contribution >= 4 is 23.1 Å². The number of phenols is 1. The van der Waals surface area contributed by atoms with Gasteiger partial charge in [0.1, 0.15) is 22.8 Å². The van der Waals surface area contributed by atoms with Gasteiger partial charge >= 0.3 is 0 Å². The molecule has 1 unspecified atom stereocenters. The molecule has 0 aromatic heterocycles. The monoisotopic (exact) mass is 440 g/mol. The van der Waals surface area contributed by atoms with Gasteiger partial charge in [-0.25, -0.2) is 0 Å². The van der Waals surface area contributed by atoms with Crippen molar-refractivity contribution in [3.05, 3.63) is 46.2 Å². The van der Waals surface area contributed by atoms with E-state index in [1.807, 2.05) is 0 Å². The first kappa shape index (κ1) is 22.3. The smallest absolute Gasteiger partial charge is 0.203 e. The number of hydrogen-bond acceptors (Lipinski definition) is 7. The number of carbonyl (C=O) groups excluding carboxylic acids is 3. The second kappa shape index (κ2) is 6.54. The molecule has 170 valence electrons. The highest BCUT2D eigenvalue weighted by atomic mass is 16.3. The van der Waals surface area contributed by atoms with E-state index in [4.69, 9.17) is 0 Å². The van der Waals surface area contributed by atoms with Crippen molar-refractivity contribution in [1.29, 1.82) is 0 Å². The molecule has 0 amide bonds. The summed E-state index contributed by atoms with van der Waals surface area (Å²) < 4.78 is 0. The number of rotatable bonds is 2. The average Bonchev–Trinajstić information content (AvgIpc) is 2.64. The molecule has 32 heavy (non-hydrogen) atoms. The molecular weight excluding hydrogens is 412 g/mol. The third-order valence-electron chi connectivity index (χ3n) is 7.74. The predicted molar refractivity (Wildman–Crippen MR) is 116 cm³/mol. The third kappa shape index (κ3) is 2.43. The number of aliphatic hydroxyl groups is 3. The van der Waals surface area contributed by atoms with Gasteiger partial charge in [0.05, 0.1) is 5.56 Å². The van der Waals surface area contributed by atoms with E-state index >= 15 is 0 Å². The van der Waals surface area contributed by atoms with Crippen LogP contribution in [0.4, 0.5) is 0 Å². The SMILES string of the molecule is CC(=O)C1=C(O)[C@]2(O)C(=O)C3=C(O)c4c(O)cccc4C[C@]3(C)C[C@]2(C)C(C(C)C)C1=O. The van der Waals surface area contributed by atoms with E-state index in [1.54, 1.807) is 39.8 Å². The van der Waals surface area contributed by atoms with Gasteiger partial charge in [-0.1, -0.05) is 39.8 Å². The number of hydrogen-bond donors (Lipinski definition) is 4. The molecule has 4 atom stereocenters. The summed E-state index contributed by atoms with van der Waals surface area (Å²) in [6.45, 7) is 8.03. The second-order valence-electron chi connectivity index (χ2n) is 10.3. The molecule has 3 aliphatic carbocycles. The van der Waals surface area contributed by atoms with Gasteiger partial charge in [-0.3, -0.25) is 14.4 Å². The Hall–Kier alpha value is -2.93. The van der Waals surface area contributed by atoms with Gasteiger partial charge in [0.15, 0.2) is 17.2 Å². The lowest BCUT2D eigenvalue weighted by Crippen LogP contribution is -2.69. The molecule has 0 heterocycles. The third-order valence-corrected chi connectivity index (χ3v) is 7.74. The summed E-state index contributed by atoms with van der Waals surface area (Å²) in [7, 11) is 0. The second-order valence-corrected chi connectivity index (χ2v) is 10.3. The Balaban J connectivity index is 2.09. The Morgan fingerprint density at radius 2 is 1.75 bits per heavy atom. The number of ketones is 3. The van der Waals surface area contributed by atoms with Crippen LogP contribution in [0.25, 0.3) is 5.76 Å². The molecule has 1 aromatic carbocycles. The lowest BCUT2D eigenvalue weighted by atomic mass is 9.43. The van der Waals surface area contributed by atoms with Crippen LogP contribution in [-0.4, -0.2) is 43.4 Å². The fraction of sp³-hybridized carbons (Fsp3) is 0.480. The molecule has 0 aliphatic heterocycles. The topological polar surface area (TPSA) is 132 Å². The van der Waals surface area contributed by atoms with E-state index in [-0.39, 0.29) is 35.6 Å². The van der Waals surface area contributed by atoms with Crippen molar-refractivity contribution < 1.29 is 34.8 Å². The van der Waals surface area contributed by atoms with Gasteiger partial charge < -0.3 is 20.4 Å². The Labute approximate surface area is 186 Å². The standard InChI is InChI=1S/C25H28O7/c1-11(2)17-19(28)15(12(3)26)21(30)25(32)22(31)18-20(29)16-13(7-6-8-14(16)27)9-23(18,4)10-24(17,25)5/h6-8,11,17,27,29-30,32H,9-10H2,1-5H3/t17?,23-,24-,25+/m1/s1. The van der Waals surface area contributed by atoms with Gasteiger partial charge in [-0.05, 0) is 37.3 Å². The minimum atomic E-state index is -2.57. The maximum absolute atomic E-state index is 13.9. The normalized spacial score (nSPS) is 34.4. The van der Waals surface area contributed by atoms with Crippen molar-refractivity contribution in [2.75, 3.05) is 0 Å². The van der Waals surface area contributed by atoms with E-state index in [1.165, 1.54) is 6.07 Å². The zero-order valence-electron chi connectivity index (χ0n) is 18.8. The van der Waals surface area contributed by atoms with Crippen molar-refractivity contribution in [1.82, 2.24) is 0 Å². The maximum Gasteiger partial charge on any atom is 0.203 e. The van der Waals surface area contributed by atoms with Gasteiger partial charge in [-0.2, -0.15) is 0 Å². The van der Waals surface area contributed by atoms with Crippen molar-refractivity contribution in [3.63, 3.8) is 0 Å². The van der Waals surface area contributed by atoms with Crippen molar-refractivity contribution in [3.8, 4) is 5.75 Å². The molecule has 7 heteroatoms. The Kier molecular flexibility index (Phi) is 4.55. The quantitative estimate of drug-likeness (QED) is 0.519. The summed E-state index contributed by atoms with van der Waals surface area (Å²) in [5.74, 6) is -5.12. The van der Waals surface area contributed by atoms with Crippen molar-refractivity contribution in [2.24, 2.45) is 22.7 Å². The van der Waals surface area contributed by atoms with E-state index in [0.717, 1.165) is 6.92 Å². The van der Waals surface area contributed by atoms with E-state index in [2.05, 4.69) is 0 Å². The summed E-state index contributed by atoms with van der Waals surface area (Å²) in [5.41, 5.74) is -4.89. The Bertz CT molecular complexity index is 1160. The Morgan fingerprint density at radius 3 is 2.31 bits per heavy atom.